The smallest absolute Gasteiger partial charge is 0.320 e. The highest BCUT2D eigenvalue weighted by Gasteiger charge is 2.52. The summed E-state index contributed by atoms with van der Waals surface area (Å²) in [5.41, 5.74) is 2.12. The second kappa shape index (κ2) is 19.9. The highest BCUT2D eigenvalue weighted by atomic mass is 79.9. The van der Waals surface area contributed by atoms with Crippen LogP contribution >= 0.6 is 31.9 Å². The lowest BCUT2D eigenvalue weighted by Gasteiger charge is -2.24. The van der Waals surface area contributed by atoms with Crippen molar-refractivity contribution in [3.63, 3.8) is 0 Å². The Labute approximate surface area is 292 Å². The minimum absolute atomic E-state index is 0. The average Bonchev–Trinajstić information content (AvgIpc) is 3.51. The number of halogens is 2. The molecular formula is C36H52Br2O8. The standard InChI is InChI=1S/C18H23BrO5.C16H21BrO3.2CH4/c1-22-14-9-12-11-18(17(21)24-3,7-5-4-6-8-19)16(20)13(12)10-15(14)23-2;1-19-14-9-12-8-11(6-4-3-5-7-17)16(18)13(12)10-15(14)20-2;;/h9-10H,4-8,11H2,1-3H3;9-11H,3-8H2,1-2H3;2*1H4. The Morgan fingerprint density at radius 2 is 1.22 bits per heavy atom. The third kappa shape index (κ3) is 9.27. The van der Waals surface area contributed by atoms with Crippen molar-refractivity contribution in [2.24, 2.45) is 11.3 Å². The molecule has 0 aliphatic heterocycles. The lowest BCUT2D eigenvalue weighted by molar-refractivity contribution is -0.149. The molecule has 2 aromatic carbocycles. The monoisotopic (exact) mass is 770 g/mol. The van der Waals surface area contributed by atoms with Gasteiger partial charge < -0.3 is 23.7 Å². The SMILES string of the molecule is C.C.COC(=O)C1(CCCCCBr)Cc2cc(OC)c(OC)cc2C1=O.COc1cc2c(cc1OC)C(=O)C(CCCCCBr)C2. The Morgan fingerprint density at radius 3 is 1.74 bits per heavy atom. The molecule has 0 spiro atoms. The molecule has 0 radical (unpaired) electrons. The number of benzene rings is 2. The molecule has 0 aromatic heterocycles. The summed E-state index contributed by atoms with van der Waals surface area (Å²) in [4.78, 5) is 37.9. The number of fused-ring (bicyclic) bond motifs is 2. The second-order valence-corrected chi connectivity index (χ2v) is 12.7. The summed E-state index contributed by atoms with van der Waals surface area (Å²) in [5, 5.41) is 1.96. The first-order chi connectivity index (χ1) is 21.2. The highest BCUT2D eigenvalue weighted by molar-refractivity contribution is 9.09. The maximum Gasteiger partial charge on any atom is 0.320 e. The number of hydrogen-bond donors (Lipinski definition) is 0. The van der Waals surface area contributed by atoms with Gasteiger partial charge in [0.2, 0.25) is 0 Å². The molecule has 0 saturated heterocycles. The normalized spacial score (nSPS) is 17.4. The minimum Gasteiger partial charge on any atom is -0.493 e. The lowest BCUT2D eigenvalue weighted by Crippen LogP contribution is -2.38. The number of ether oxygens (including phenoxy) is 5. The van der Waals surface area contributed by atoms with Gasteiger partial charge in [-0.05, 0) is 73.9 Å². The fraction of sp³-hybridized carbons (Fsp3) is 0.583. The van der Waals surface area contributed by atoms with Gasteiger partial charge in [-0.2, -0.15) is 0 Å². The van der Waals surface area contributed by atoms with Crippen molar-refractivity contribution in [3.05, 3.63) is 46.5 Å². The molecule has 10 heteroatoms. The van der Waals surface area contributed by atoms with Crippen molar-refractivity contribution < 1.29 is 38.1 Å². The van der Waals surface area contributed by atoms with Crippen LogP contribution in [0.4, 0.5) is 0 Å². The summed E-state index contributed by atoms with van der Waals surface area (Å²) in [6, 6.07) is 7.23. The number of unbranched alkanes of at least 4 members (excludes halogenated alkanes) is 4. The van der Waals surface area contributed by atoms with E-state index in [2.05, 4.69) is 31.9 Å². The Bertz CT molecular complexity index is 1310. The van der Waals surface area contributed by atoms with E-state index in [0.717, 1.165) is 65.9 Å². The third-order valence-electron chi connectivity index (χ3n) is 8.49. The van der Waals surface area contributed by atoms with E-state index in [9.17, 15) is 14.4 Å². The van der Waals surface area contributed by atoms with Crippen molar-refractivity contribution in [2.75, 3.05) is 46.2 Å². The first-order valence-electron chi connectivity index (χ1n) is 15.0. The van der Waals surface area contributed by atoms with Crippen LogP contribution in [-0.4, -0.2) is 63.7 Å². The molecule has 46 heavy (non-hydrogen) atoms. The molecule has 258 valence electrons. The number of carbonyl (C=O) groups excluding carboxylic acids is 3. The molecule has 0 heterocycles. The molecule has 2 aliphatic rings. The molecule has 2 unspecified atom stereocenters. The van der Waals surface area contributed by atoms with Gasteiger partial charge in [-0.3, -0.25) is 14.4 Å². The second-order valence-electron chi connectivity index (χ2n) is 11.1. The van der Waals surface area contributed by atoms with Crippen molar-refractivity contribution in [2.45, 2.75) is 79.1 Å². The van der Waals surface area contributed by atoms with E-state index in [1.165, 1.54) is 27.1 Å². The van der Waals surface area contributed by atoms with Crippen LogP contribution in [0, 0.1) is 11.3 Å². The van der Waals surface area contributed by atoms with Crippen LogP contribution in [0.2, 0.25) is 0 Å². The molecule has 0 N–H and O–H groups in total. The third-order valence-corrected chi connectivity index (χ3v) is 9.61. The van der Waals surface area contributed by atoms with Crippen molar-refractivity contribution in [1.82, 2.24) is 0 Å². The Balaban J connectivity index is 0.000000447. The molecule has 8 nitrogen and oxygen atoms in total. The maximum atomic E-state index is 13.0. The Morgan fingerprint density at radius 1 is 0.717 bits per heavy atom. The van der Waals surface area contributed by atoms with E-state index >= 15 is 0 Å². The van der Waals surface area contributed by atoms with Gasteiger partial charge in [-0.25, -0.2) is 0 Å². The minimum atomic E-state index is -1.12. The van der Waals surface area contributed by atoms with Gasteiger partial charge in [-0.15, -0.1) is 0 Å². The van der Waals surface area contributed by atoms with Crippen LogP contribution in [0.1, 0.15) is 98.1 Å². The van der Waals surface area contributed by atoms with E-state index in [1.54, 1.807) is 33.5 Å². The van der Waals surface area contributed by atoms with E-state index in [-0.39, 0.29) is 32.3 Å². The first kappa shape index (κ1) is 41.4. The predicted octanol–water partition coefficient (Wildman–Crippen LogP) is 8.84. The Hall–Kier alpha value is -2.59. The maximum absolute atomic E-state index is 13.0. The van der Waals surface area contributed by atoms with E-state index in [0.29, 0.717) is 41.4 Å². The van der Waals surface area contributed by atoms with E-state index in [4.69, 9.17) is 23.7 Å². The predicted molar refractivity (Wildman–Crippen MR) is 191 cm³/mol. The first-order valence-corrected chi connectivity index (χ1v) is 17.3. The summed E-state index contributed by atoms with van der Waals surface area (Å²) in [7, 11) is 7.63. The Kier molecular flexibility index (Phi) is 17.9. The molecule has 2 atom stereocenters. The number of ketones is 2. The molecule has 0 fully saturated rings. The number of hydrogen-bond acceptors (Lipinski definition) is 8. The molecule has 0 amide bonds. The van der Waals surface area contributed by atoms with Crippen molar-refractivity contribution in [3.8, 4) is 23.0 Å². The topological polar surface area (TPSA) is 97.4 Å². The van der Waals surface area contributed by atoms with Crippen LogP contribution in [0.15, 0.2) is 24.3 Å². The van der Waals surface area contributed by atoms with Crippen LogP contribution in [0.5, 0.6) is 23.0 Å². The van der Waals surface area contributed by atoms with Crippen LogP contribution in [-0.2, 0) is 22.4 Å². The van der Waals surface area contributed by atoms with Crippen molar-refractivity contribution >= 4 is 49.4 Å². The van der Waals surface area contributed by atoms with Crippen LogP contribution in [0.3, 0.4) is 0 Å². The number of alkyl halides is 2. The van der Waals surface area contributed by atoms with Gasteiger partial charge in [0.05, 0.1) is 35.5 Å². The number of Topliss-reactive ketones (excluding diaryl/α,β-unsaturated/α-hetero) is 2. The van der Waals surface area contributed by atoms with Crippen LogP contribution in [0.25, 0.3) is 0 Å². The fourth-order valence-electron chi connectivity index (χ4n) is 6.10. The highest BCUT2D eigenvalue weighted by Crippen LogP contribution is 2.45. The van der Waals surface area contributed by atoms with Gasteiger partial charge in [0.1, 0.15) is 5.41 Å². The molecule has 2 aromatic rings. The number of rotatable bonds is 15. The average molecular weight is 773 g/mol. The van der Waals surface area contributed by atoms with Gasteiger partial charge in [0, 0.05) is 27.7 Å². The van der Waals surface area contributed by atoms with Gasteiger partial charge in [-0.1, -0.05) is 72.4 Å². The summed E-state index contributed by atoms with van der Waals surface area (Å²) < 4.78 is 26.1. The quantitative estimate of drug-likeness (QED) is 0.0767. The summed E-state index contributed by atoms with van der Waals surface area (Å²) in [5.74, 6) is 2.16. The molecule has 0 saturated carbocycles. The zero-order valence-electron chi connectivity index (χ0n) is 26.4. The molecule has 4 rings (SSSR count). The summed E-state index contributed by atoms with van der Waals surface area (Å²) >= 11 is 6.83. The number of esters is 1. The molecular weight excluding hydrogens is 720 g/mol. The van der Waals surface area contributed by atoms with Crippen LogP contribution < -0.4 is 18.9 Å². The van der Waals surface area contributed by atoms with E-state index in [1.807, 2.05) is 12.1 Å². The summed E-state index contributed by atoms with van der Waals surface area (Å²) in [6.45, 7) is 0. The zero-order valence-corrected chi connectivity index (χ0v) is 29.6. The van der Waals surface area contributed by atoms with Gasteiger partial charge in [0.15, 0.2) is 34.6 Å². The number of carbonyl (C=O) groups is 3. The van der Waals surface area contributed by atoms with E-state index < -0.39 is 11.4 Å². The lowest BCUT2D eigenvalue weighted by atomic mass is 9.78. The summed E-state index contributed by atoms with van der Waals surface area (Å²) in [6.07, 6.45) is 8.90. The number of methoxy groups -OCH3 is 5. The molecule has 2 aliphatic carbocycles. The van der Waals surface area contributed by atoms with Gasteiger partial charge in [0.25, 0.3) is 0 Å². The van der Waals surface area contributed by atoms with Crippen molar-refractivity contribution in [1.29, 1.82) is 0 Å². The largest absolute Gasteiger partial charge is 0.493 e. The molecule has 0 bridgehead atoms. The fourth-order valence-corrected chi connectivity index (χ4v) is 6.89. The zero-order chi connectivity index (χ0) is 32.3. The van der Waals surface area contributed by atoms with Gasteiger partial charge >= 0.3 is 5.97 Å².